The Morgan fingerprint density at radius 2 is 1.92 bits per heavy atom. The first-order chi connectivity index (χ1) is 11.6. The molecule has 25 heavy (non-hydrogen) atoms. The zero-order valence-corrected chi connectivity index (χ0v) is 16.5. The van der Waals surface area contributed by atoms with E-state index in [4.69, 9.17) is 9.47 Å². The van der Waals surface area contributed by atoms with E-state index in [0.717, 1.165) is 17.4 Å². The second-order valence-corrected chi connectivity index (χ2v) is 7.81. The molecule has 1 aromatic carbocycles. The van der Waals surface area contributed by atoms with E-state index in [-0.39, 0.29) is 16.3 Å². The molecule has 2 amide bonds. The summed E-state index contributed by atoms with van der Waals surface area (Å²) in [6, 6.07) is 5.54. The Hall–Kier alpha value is -1.93. The first kappa shape index (κ1) is 19.4. The average Bonchev–Trinajstić information content (AvgIpc) is 2.93. The van der Waals surface area contributed by atoms with Crippen LogP contribution in [0.2, 0.25) is 0 Å². The Morgan fingerprint density at radius 3 is 2.40 bits per heavy atom. The third kappa shape index (κ3) is 4.58. The van der Waals surface area contributed by atoms with Gasteiger partial charge in [0.1, 0.15) is 16.2 Å². The minimum Gasteiger partial charge on any atom is -0.497 e. The maximum absolute atomic E-state index is 14.5. The molecule has 8 heteroatoms. The maximum Gasteiger partial charge on any atom is 0.422 e. The minimum absolute atomic E-state index is 0.208. The zero-order chi connectivity index (χ0) is 18.8. The van der Waals surface area contributed by atoms with E-state index >= 15 is 0 Å². The first-order valence-electron chi connectivity index (χ1n) is 7.28. The van der Waals surface area contributed by atoms with Crippen LogP contribution in [0.3, 0.4) is 0 Å². The van der Waals surface area contributed by atoms with Crippen LogP contribution < -0.4 is 9.64 Å². The monoisotopic (exact) mass is 429 g/mol. The molecule has 0 spiro atoms. The summed E-state index contributed by atoms with van der Waals surface area (Å²) in [5.41, 5.74) is -1.05. The SMILES string of the molecule is COc1ccc(N(C(=O)OC(C)(C)C)C(=O)c2sccc2Br)c(F)c1. The summed E-state index contributed by atoms with van der Waals surface area (Å²) in [4.78, 5) is 26.4. The number of rotatable bonds is 3. The minimum atomic E-state index is -0.957. The molecule has 0 atom stereocenters. The van der Waals surface area contributed by atoms with Crippen molar-refractivity contribution in [1.29, 1.82) is 0 Å². The quantitative estimate of drug-likeness (QED) is 0.669. The molecule has 0 radical (unpaired) electrons. The van der Waals surface area contributed by atoms with Crippen LogP contribution in [0.5, 0.6) is 5.75 Å². The number of nitrogens with zero attached hydrogens (tertiary/aromatic N) is 1. The van der Waals surface area contributed by atoms with Gasteiger partial charge < -0.3 is 9.47 Å². The van der Waals surface area contributed by atoms with Gasteiger partial charge in [-0.2, -0.15) is 0 Å². The number of carbonyl (C=O) groups is 2. The smallest absolute Gasteiger partial charge is 0.422 e. The van der Waals surface area contributed by atoms with Crippen molar-refractivity contribution in [2.24, 2.45) is 0 Å². The number of benzene rings is 1. The number of ether oxygens (including phenoxy) is 2. The molecule has 1 aromatic heterocycles. The van der Waals surface area contributed by atoms with Gasteiger partial charge >= 0.3 is 6.09 Å². The van der Waals surface area contributed by atoms with E-state index in [2.05, 4.69) is 15.9 Å². The Kier molecular flexibility index (Phi) is 5.84. The highest BCUT2D eigenvalue weighted by atomic mass is 79.9. The standard InChI is InChI=1S/C17H17BrFNO4S/c1-17(2,3)24-16(22)20(15(21)14-11(18)7-8-25-14)13-6-5-10(23-4)9-12(13)19/h5-9H,1-4H3. The molecule has 0 aliphatic rings. The molecule has 0 N–H and O–H groups in total. The van der Waals surface area contributed by atoms with Crippen LogP contribution in [0.25, 0.3) is 0 Å². The van der Waals surface area contributed by atoms with Crippen molar-refractivity contribution in [3.8, 4) is 5.75 Å². The molecule has 2 rings (SSSR count). The number of hydrogen-bond acceptors (Lipinski definition) is 5. The lowest BCUT2D eigenvalue weighted by Crippen LogP contribution is -2.41. The number of hydrogen-bond donors (Lipinski definition) is 0. The largest absolute Gasteiger partial charge is 0.497 e. The maximum atomic E-state index is 14.5. The molecule has 0 aliphatic heterocycles. The van der Waals surface area contributed by atoms with Crippen LogP contribution in [0, 0.1) is 5.82 Å². The van der Waals surface area contributed by atoms with Crippen molar-refractivity contribution in [3.63, 3.8) is 0 Å². The molecule has 0 saturated heterocycles. The summed E-state index contributed by atoms with van der Waals surface area (Å²) in [5.74, 6) is -1.18. The van der Waals surface area contributed by atoms with Crippen molar-refractivity contribution in [2.45, 2.75) is 26.4 Å². The molecule has 1 heterocycles. The van der Waals surface area contributed by atoms with Crippen LogP contribution in [-0.2, 0) is 4.74 Å². The van der Waals surface area contributed by atoms with Crippen LogP contribution >= 0.6 is 27.3 Å². The number of amides is 2. The third-order valence-corrected chi connectivity index (χ3v) is 4.81. The Bertz CT molecular complexity index is 800. The van der Waals surface area contributed by atoms with Crippen LogP contribution in [-0.4, -0.2) is 24.7 Å². The van der Waals surface area contributed by atoms with Crippen molar-refractivity contribution in [3.05, 3.63) is 44.8 Å². The molecule has 5 nitrogen and oxygen atoms in total. The molecule has 134 valence electrons. The van der Waals surface area contributed by atoms with Crippen LogP contribution in [0.4, 0.5) is 14.9 Å². The highest BCUT2D eigenvalue weighted by Gasteiger charge is 2.33. The van der Waals surface area contributed by atoms with E-state index in [0.29, 0.717) is 9.37 Å². The van der Waals surface area contributed by atoms with Crippen LogP contribution in [0.1, 0.15) is 30.4 Å². The van der Waals surface area contributed by atoms with Gasteiger partial charge in [0.15, 0.2) is 5.82 Å². The molecule has 0 unspecified atom stereocenters. The predicted octanol–water partition coefficient (Wildman–Crippen LogP) is 5.24. The van der Waals surface area contributed by atoms with Crippen molar-refractivity contribution in [2.75, 3.05) is 12.0 Å². The fraction of sp³-hybridized carbons (Fsp3) is 0.294. The topological polar surface area (TPSA) is 55.8 Å². The van der Waals surface area contributed by atoms with E-state index < -0.39 is 23.4 Å². The van der Waals surface area contributed by atoms with Crippen molar-refractivity contribution >= 4 is 45.0 Å². The summed E-state index contributed by atoms with van der Waals surface area (Å²) in [5, 5.41) is 1.69. The van der Waals surface area contributed by atoms with Gasteiger partial charge in [0.05, 0.1) is 12.8 Å². The number of carbonyl (C=O) groups excluding carboxylic acids is 2. The van der Waals surface area contributed by atoms with E-state index in [9.17, 15) is 14.0 Å². The molecule has 0 bridgehead atoms. The zero-order valence-electron chi connectivity index (χ0n) is 14.1. The van der Waals surface area contributed by atoms with Gasteiger partial charge in [-0.15, -0.1) is 11.3 Å². The van der Waals surface area contributed by atoms with Gasteiger partial charge in [-0.25, -0.2) is 14.1 Å². The van der Waals surface area contributed by atoms with Gasteiger partial charge in [0.25, 0.3) is 5.91 Å². The Balaban J connectivity index is 2.51. The first-order valence-corrected chi connectivity index (χ1v) is 8.95. The van der Waals surface area contributed by atoms with Gasteiger partial charge in [0.2, 0.25) is 0 Å². The normalized spacial score (nSPS) is 11.1. The molecular weight excluding hydrogens is 413 g/mol. The van der Waals surface area contributed by atoms with E-state index in [1.165, 1.54) is 19.2 Å². The van der Waals surface area contributed by atoms with Crippen molar-refractivity contribution in [1.82, 2.24) is 0 Å². The second-order valence-electron chi connectivity index (χ2n) is 6.04. The third-order valence-electron chi connectivity index (χ3n) is 2.99. The lowest BCUT2D eigenvalue weighted by Gasteiger charge is -2.26. The van der Waals surface area contributed by atoms with E-state index in [1.54, 1.807) is 32.2 Å². The summed E-state index contributed by atoms with van der Waals surface area (Å²) < 4.78 is 25.3. The number of anilines is 1. The average molecular weight is 430 g/mol. The van der Waals surface area contributed by atoms with Gasteiger partial charge in [-0.05, 0) is 60.3 Å². The predicted molar refractivity (Wildman–Crippen MR) is 98.0 cm³/mol. The van der Waals surface area contributed by atoms with Crippen LogP contribution in [0.15, 0.2) is 34.1 Å². The number of methoxy groups -OCH3 is 1. The fourth-order valence-corrected chi connectivity index (χ4v) is 3.41. The summed E-state index contributed by atoms with van der Waals surface area (Å²) in [6.07, 6.45) is -0.957. The summed E-state index contributed by atoms with van der Waals surface area (Å²) in [7, 11) is 1.40. The lowest BCUT2D eigenvalue weighted by atomic mass is 10.2. The Labute approximate surface area is 157 Å². The number of thiophene rings is 1. The molecule has 2 aromatic rings. The van der Waals surface area contributed by atoms with Gasteiger partial charge in [-0.1, -0.05) is 0 Å². The Morgan fingerprint density at radius 1 is 1.24 bits per heavy atom. The highest BCUT2D eigenvalue weighted by molar-refractivity contribution is 9.10. The number of halogens is 2. The molecule has 0 aliphatic carbocycles. The number of imide groups is 1. The van der Waals surface area contributed by atoms with E-state index in [1.807, 2.05) is 0 Å². The summed E-state index contributed by atoms with van der Waals surface area (Å²) >= 11 is 4.39. The summed E-state index contributed by atoms with van der Waals surface area (Å²) in [6.45, 7) is 5.00. The second kappa shape index (κ2) is 7.53. The van der Waals surface area contributed by atoms with Gasteiger partial charge in [0, 0.05) is 10.5 Å². The molecule has 0 saturated carbocycles. The van der Waals surface area contributed by atoms with Gasteiger partial charge in [-0.3, -0.25) is 4.79 Å². The molecular formula is C17H17BrFNO4S. The highest BCUT2D eigenvalue weighted by Crippen LogP contribution is 2.30. The molecule has 0 fully saturated rings. The lowest BCUT2D eigenvalue weighted by molar-refractivity contribution is 0.0563. The fourth-order valence-electron chi connectivity index (χ4n) is 1.94. The van der Waals surface area contributed by atoms with Crippen molar-refractivity contribution < 1.29 is 23.5 Å².